The Kier molecular flexibility index (Phi) is 5.43. The fourth-order valence-corrected chi connectivity index (χ4v) is 4.57. The minimum Gasteiger partial charge on any atom is -0.495 e. The number of amides is 1. The second kappa shape index (κ2) is 7.61. The van der Waals surface area contributed by atoms with Crippen LogP contribution in [-0.4, -0.2) is 38.8 Å². The molecule has 1 amide bonds. The zero-order chi connectivity index (χ0) is 19.6. The monoisotopic (exact) mass is 396 g/mol. The molecule has 0 atom stereocenters. The lowest BCUT2D eigenvalue weighted by Gasteiger charge is -2.18. The maximum Gasteiger partial charge on any atom is 0.255 e. The van der Waals surface area contributed by atoms with Crippen LogP contribution in [0, 0.1) is 11.6 Å². The van der Waals surface area contributed by atoms with Gasteiger partial charge in [0.1, 0.15) is 22.3 Å². The van der Waals surface area contributed by atoms with Gasteiger partial charge in [0.2, 0.25) is 10.0 Å². The summed E-state index contributed by atoms with van der Waals surface area (Å²) >= 11 is 0. The molecule has 2 aromatic rings. The molecule has 1 aliphatic heterocycles. The Morgan fingerprint density at radius 2 is 1.81 bits per heavy atom. The minimum atomic E-state index is -3.82. The van der Waals surface area contributed by atoms with Gasteiger partial charge < -0.3 is 10.1 Å². The van der Waals surface area contributed by atoms with E-state index >= 15 is 0 Å². The molecular weight excluding hydrogens is 378 g/mol. The average Bonchev–Trinajstić information content (AvgIpc) is 3.19. The minimum absolute atomic E-state index is 0.0114. The lowest BCUT2D eigenvalue weighted by Crippen LogP contribution is -2.28. The Hall–Kier alpha value is -2.52. The van der Waals surface area contributed by atoms with Crippen molar-refractivity contribution >= 4 is 21.6 Å². The summed E-state index contributed by atoms with van der Waals surface area (Å²) < 4.78 is 58.9. The highest BCUT2D eigenvalue weighted by atomic mass is 32.2. The van der Waals surface area contributed by atoms with E-state index in [1.54, 1.807) is 0 Å². The van der Waals surface area contributed by atoms with Gasteiger partial charge in [0, 0.05) is 24.7 Å². The normalized spacial score (nSPS) is 14.9. The number of sulfonamides is 1. The number of carbonyl (C=O) groups excluding carboxylic acids is 1. The largest absolute Gasteiger partial charge is 0.495 e. The van der Waals surface area contributed by atoms with E-state index in [9.17, 15) is 22.0 Å². The van der Waals surface area contributed by atoms with Crippen LogP contribution in [0.25, 0.3) is 0 Å². The van der Waals surface area contributed by atoms with Gasteiger partial charge in [-0.1, -0.05) is 0 Å². The second-order valence-corrected chi connectivity index (χ2v) is 7.96. The molecule has 0 unspecified atom stereocenters. The number of nitrogens with zero attached hydrogens (tertiary/aromatic N) is 1. The number of carbonyl (C=O) groups is 1. The highest BCUT2D eigenvalue weighted by Gasteiger charge is 2.30. The maximum atomic E-state index is 13.7. The van der Waals surface area contributed by atoms with Gasteiger partial charge in [-0.2, -0.15) is 4.31 Å². The van der Waals surface area contributed by atoms with E-state index in [1.807, 2.05) is 0 Å². The molecule has 0 aliphatic carbocycles. The van der Waals surface area contributed by atoms with E-state index in [0.717, 1.165) is 25.0 Å². The highest BCUT2D eigenvalue weighted by Crippen LogP contribution is 2.30. The quantitative estimate of drug-likeness (QED) is 0.843. The third kappa shape index (κ3) is 3.93. The Bertz CT molecular complexity index is 973. The Labute approximate surface area is 155 Å². The number of anilines is 1. The summed E-state index contributed by atoms with van der Waals surface area (Å²) in [5, 5.41) is 2.31. The smallest absolute Gasteiger partial charge is 0.255 e. The molecule has 6 nitrogen and oxygen atoms in total. The van der Waals surface area contributed by atoms with Crippen molar-refractivity contribution in [3.05, 3.63) is 53.6 Å². The van der Waals surface area contributed by atoms with Crippen molar-refractivity contribution in [2.75, 3.05) is 25.5 Å². The lowest BCUT2D eigenvalue weighted by atomic mass is 10.2. The van der Waals surface area contributed by atoms with Crippen LogP contribution in [0.5, 0.6) is 5.75 Å². The number of ether oxygens (including phenoxy) is 1. The van der Waals surface area contributed by atoms with E-state index in [4.69, 9.17) is 4.74 Å². The fraction of sp³-hybridized carbons (Fsp3) is 0.278. The number of halogens is 2. The van der Waals surface area contributed by atoms with Gasteiger partial charge in [0.15, 0.2) is 0 Å². The van der Waals surface area contributed by atoms with Crippen molar-refractivity contribution in [3.8, 4) is 5.75 Å². The zero-order valence-electron chi connectivity index (χ0n) is 14.5. The van der Waals surface area contributed by atoms with Crippen LogP contribution < -0.4 is 10.1 Å². The molecule has 1 aliphatic rings. The van der Waals surface area contributed by atoms with Crippen LogP contribution in [0.3, 0.4) is 0 Å². The molecule has 3 rings (SSSR count). The topological polar surface area (TPSA) is 75.7 Å². The number of benzene rings is 2. The Morgan fingerprint density at radius 3 is 2.44 bits per heavy atom. The van der Waals surface area contributed by atoms with Crippen LogP contribution >= 0.6 is 0 Å². The molecule has 0 bridgehead atoms. The molecule has 1 N–H and O–H groups in total. The van der Waals surface area contributed by atoms with Crippen LogP contribution in [-0.2, 0) is 10.0 Å². The van der Waals surface area contributed by atoms with Crippen LogP contribution in [0.4, 0.5) is 14.5 Å². The molecular formula is C18H18F2N2O4S. The molecule has 27 heavy (non-hydrogen) atoms. The third-order valence-corrected chi connectivity index (χ3v) is 6.21. The molecule has 1 heterocycles. The maximum absolute atomic E-state index is 13.7. The molecule has 1 saturated heterocycles. The summed E-state index contributed by atoms with van der Waals surface area (Å²) in [5.74, 6) is -2.30. The molecule has 1 fully saturated rings. The Balaban J connectivity index is 1.93. The highest BCUT2D eigenvalue weighted by molar-refractivity contribution is 7.89. The molecule has 0 radical (unpaired) electrons. The molecule has 0 aromatic heterocycles. The van der Waals surface area contributed by atoms with E-state index < -0.39 is 27.6 Å². The summed E-state index contributed by atoms with van der Waals surface area (Å²) in [7, 11) is -2.48. The number of hydrogen-bond acceptors (Lipinski definition) is 4. The summed E-state index contributed by atoms with van der Waals surface area (Å²) in [6.07, 6.45) is 1.54. The first-order valence-corrected chi connectivity index (χ1v) is 9.71. The predicted octanol–water partition coefficient (Wildman–Crippen LogP) is 3.01. The van der Waals surface area contributed by atoms with Crippen molar-refractivity contribution in [1.82, 2.24) is 4.31 Å². The van der Waals surface area contributed by atoms with Gasteiger partial charge in [-0.3, -0.25) is 4.79 Å². The van der Waals surface area contributed by atoms with Crippen LogP contribution in [0.1, 0.15) is 23.2 Å². The van der Waals surface area contributed by atoms with Gasteiger partial charge in [-0.25, -0.2) is 17.2 Å². The molecule has 0 saturated carbocycles. The van der Waals surface area contributed by atoms with Crippen LogP contribution in [0.2, 0.25) is 0 Å². The van der Waals surface area contributed by atoms with Gasteiger partial charge in [0.25, 0.3) is 5.91 Å². The molecule has 9 heteroatoms. The molecule has 0 spiro atoms. The van der Waals surface area contributed by atoms with Gasteiger partial charge in [-0.15, -0.1) is 0 Å². The van der Waals surface area contributed by atoms with Gasteiger partial charge in [0.05, 0.1) is 12.8 Å². The van der Waals surface area contributed by atoms with Crippen molar-refractivity contribution in [3.63, 3.8) is 0 Å². The number of rotatable bonds is 5. The van der Waals surface area contributed by atoms with Crippen LogP contribution in [0.15, 0.2) is 41.3 Å². The van der Waals surface area contributed by atoms with Gasteiger partial charge >= 0.3 is 0 Å². The number of hydrogen-bond donors (Lipinski definition) is 1. The third-order valence-electron chi connectivity index (χ3n) is 4.29. The summed E-state index contributed by atoms with van der Waals surface area (Å²) in [4.78, 5) is 12.3. The SMILES string of the molecule is COc1ccc(C(=O)Nc2ccc(F)cc2F)cc1S(=O)(=O)N1CCCC1. The van der Waals surface area contributed by atoms with E-state index in [2.05, 4.69) is 5.32 Å². The first-order valence-electron chi connectivity index (χ1n) is 8.27. The summed E-state index contributed by atoms with van der Waals surface area (Å²) in [6, 6.07) is 6.69. The Morgan fingerprint density at radius 1 is 1.11 bits per heavy atom. The zero-order valence-corrected chi connectivity index (χ0v) is 15.4. The van der Waals surface area contributed by atoms with Crippen molar-refractivity contribution < 1.29 is 26.7 Å². The number of nitrogens with one attached hydrogen (secondary N) is 1. The first-order chi connectivity index (χ1) is 12.8. The fourth-order valence-electron chi connectivity index (χ4n) is 2.87. The molecule has 2 aromatic carbocycles. The van der Waals surface area contributed by atoms with Crippen molar-refractivity contribution in [2.45, 2.75) is 17.7 Å². The van der Waals surface area contributed by atoms with E-state index in [0.29, 0.717) is 19.2 Å². The predicted molar refractivity (Wildman–Crippen MR) is 95.3 cm³/mol. The van der Waals surface area contributed by atoms with Crippen molar-refractivity contribution in [2.24, 2.45) is 0 Å². The van der Waals surface area contributed by atoms with E-state index in [-0.39, 0.29) is 21.9 Å². The van der Waals surface area contributed by atoms with Crippen molar-refractivity contribution in [1.29, 1.82) is 0 Å². The first kappa shape index (κ1) is 19.2. The second-order valence-electron chi connectivity index (χ2n) is 6.06. The average molecular weight is 396 g/mol. The number of methoxy groups -OCH3 is 1. The summed E-state index contributed by atoms with van der Waals surface area (Å²) in [6.45, 7) is 0.811. The summed E-state index contributed by atoms with van der Waals surface area (Å²) in [5.41, 5.74) is -0.196. The lowest BCUT2D eigenvalue weighted by molar-refractivity contribution is 0.102. The van der Waals surface area contributed by atoms with Gasteiger partial charge in [-0.05, 0) is 43.2 Å². The van der Waals surface area contributed by atoms with E-state index in [1.165, 1.54) is 29.6 Å². The standard InChI is InChI=1S/C18H18F2N2O4S/c1-26-16-7-4-12(10-17(16)27(24,25)22-8-2-3-9-22)18(23)21-15-6-5-13(19)11-14(15)20/h4-7,10-11H,2-3,8-9H2,1H3,(H,21,23). The molecule has 144 valence electrons.